The van der Waals surface area contributed by atoms with Gasteiger partial charge in [0.05, 0.1) is 0 Å². The molecule has 0 spiro atoms. The maximum atomic E-state index is 6.20. The third kappa shape index (κ3) is 7.14. The van der Waals surface area contributed by atoms with Crippen molar-refractivity contribution in [3.8, 4) is 11.1 Å². The van der Waals surface area contributed by atoms with Crippen LogP contribution in [0.2, 0.25) is 0 Å². The first-order chi connectivity index (χ1) is 12.9. The van der Waals surface area contributed by atoms with Gasteiger partial charge >= 0.3 is 0 Å². The smallest absolute Gasteiger partial charge is 0.193 e. The Balaban J connectivity index is 2.50. The molecule has 0 atom stereocenters. The van der Waals surface area contributed by atoms with E-state index in [9.17, 15) is 0 Å². The Kier molecular flexibility index (Phi) is 9.14. The van der Waals surface area contributed by atoms with E-state index < -0.39 is 29.3 Å². The predicted octanol–water partition coefficient (Wildman–Crippen LogP) is 0.756. The van der Waals surface area contributed by atoms with E-state index in [0.717, 1.165) is 0 Å². The molecule has 0 aliphatic rings. The van der Waals surface area contributed by atoms with Gasteiger partial charge in [-0.3, -0.25) is 0 Å². The van der Waals surface area contributed by atoms with Crippen LogP contribution in [-0.2, 0) is 13.3 Å². The lowest BCUT2D eigenvalue weighted by Crippen LogP contribution is -2.51. The van der Waals surface area contributed by atoms with Crippen LogP contribution in [0, 0.1) is 0 Å². The second kappa shape index (κ2) is 11.1. The first kappa shape index (κ1) is 22.3. The molecule has 3 nitrogen and oxygen atoms in total. The molecule has 0 radical (unpaired) electrons. The minimum absolute atomic E-state index is 0.258. The lowest BCUT2D eigenvalue weighted by Gasteiger charge is -2.21. The molecule has 27 heavy (non-hydrogen) atoms. The van der Waals surface area contributed by atoms with Crippen LogP contribution in [0.15, 0.2) is 42.5 Å². The number of hydrogen-bond donors (Lipinski definition) is 0. The highest BCUT2D eigenvalue weighted by Gasteiger charge is 2.18. The molecule has 0 saturated carbocycles. The first-order valence-corrected chi connectivity index (χ1v) is 13.8. The van der Waals surface area contributed by atoms with Crippen LogP contribution < -0.4 is 15.6 Å². The zero-order chi connectivity index (χ0) is 19.8. The van der Waals surface area contributed by atoms with Crippen LogP contribution in [0.3, 0.4) is 0 Å². The molecule has 0 fully saturated rings. The van der Waals surface area contributed by atoms with E-state index in [-0.39, 0.29) is 18.3 Å². The second-order valence-electron chi connectivity index (χ2n) is 7.67. The highest BCUT2D eigenvalue weighted by molar-refractivity contribution is 6.69. The third-order valence-corrected chi connectivity index (χ3v) is 11.0. The van der Waals surface area contributed by atoms with Crippen molar-refractivity contribution in [2.45, 2.75) is 59.9 Å². The van der Waals surface area contributed by atoms with Crippen LogP contribution >= 0.6 is 0 Å². The Bertz CT molecular complexity index is 703. The number of benzene rings is 2. The molecule has 0 saturated heterocycles. The van der Waals surface area contributed by atoms with Crippen molar-refractivity contribution < 1.29 is 13.3 Å². The quantitative estimate of drug-likeness (QED) is 0.533. The van der Waals surface area contributed by atoms with Crippen LogP contribution in [-0.4, -0.2) is 47.6 Å². The van der Waals surface area contributed by atoms with Gasteiger partial charge < -0.3 is 13.3 Å². The summed E-state index contributed by atoms with van der Waals surface area (Å²) in [5, 5.41) is 4.29. The largest absolute Gasteiger partial charge is 0.416 e. The maximum absolute atomic E-state index is 6.20. The summed E-state index contributed by atoms with van der Waals surface area (Å²) in [7, 11) is -2.43. The van der Waals surface area contributed by atoms with E-state index in [0.29, 0.717) is 0 Å². The highest BCUT2D eigenvalue weighted by Crippen LogP contribution is 2.15. The second-order valence-corrected chi connectivity index (χ2v) is 11.7. The average Bonchev–Trinajstić information content (AvgIpc) is 2.63. The minimum atomic E-state index is -0.842. The fraction of sp³-hybridized carbons (Fsp3) is 0.429. The Hall–Kier alpha value is -1.03. The van der Waals surface area contributed by atoms with E-state index in [1.54, 1.807) is 0 Å². The Labute approximate surface area is 171 Å². The molecule has 6 heteroatoms. The summed E-state index contributed by atoms with van der Waals surface area (Å²) in [4.78, 5) is 0. The fourth-order valence-corrected chi connectivity index (χ4v) is 8.00. The van der Waals surface area contributed by atoms with Crippen molar-refractivity contribution in [1.82, 2.24) is 0 Å². The molecule has 0 amide bonds. The van der Waals surface area contributed by atoms with Crippen molar-refractivity contribution >= 4 is 44.8 Å². The Morgan fingerprint density at radius 1 is 0.593 bits per heavy atom. The van der Waals surface area contributed by atoms with Gasteiger partial charge in [-0.15, -0.1) is 0 Å². The summed E-state index contributed by atoms with van der Waals surface area (Å²) >= 11 is 0. The molecule has 2 rings (SSSR count). The van der Waals surface area contributed by atoms with Gasteiger partial charge in [-0.2, -0.15) is 0 Å². The van der Waals surface area contributed by atoms with Crippen LogP contribution in [0.25, 0.3) is 11.1 Å². The van der Waals surface area contributed by atoms with Gasteiger partial charge in [-0.05, 0) is 68.2 Å². The summed E-state index contributed by atoms with van der Waals surface area (Å²) in [6, 6.07) is 15.2. The SMILES string of the molecule is CC(C)O[SiH2]c1ccc(-c2ccccc2)c([SiH2]OC(C)C)c1[SiH2]OC(C)C. The molecule has 2 aromatic carbocycles. The number of hydrogen-bond acceptors (Lipinski definition) is 3. The Morgan fingerprint density at radius 3 is 1.67 bits per heavy atom. The summed E-state index contributed by atoms with van der Waals surface area (Å²) in [5.41, 5.74) is 2.59. The molecule has 0 bridgehead atoms. The van der Waals surface area contributed by atoms with E-state index in [1.807, 2.05) is 0 Å². The van der Waals surface area contributed by atoms with Crippen molar-refractivity contribution in [2.75, 3.05) is 0 Å². The summed E-state index contributed by atoms with van der Waals surface area (Å²) in [5.74, 6) is 0. The third-order valence-electron chi connectivity index (χ3n) is 4.31. The predicted molar refractivity (Wildman–Crippen MR) is 125 cm³/mol. The molecular weight excluding hydrogens is 384 g/mol. The molecular formula is C21H34O3Si3. The Morgan fingerprint density at radius 2 is 1.11 bits per heavy atom. The zero-order valence-corrected chi connectivity index (χ0v) is 21.9. The normalized spacial score (nSPS) is 13.1. The van der Waals surface area contributed by atoms with Crippen LogP contribution in [0.1, 0.15) is 41.5 Å². The van der Waals surface area contributed by atoms with Gasteiger partial charge in [0.25, 0.3) is 0 Å². The average molecular weight is 419 g/mol. The van der Waals surface area contributed by atoms with Crippen LogP contribution in [0.4, 0.5) is 0 Å². The van der Waals surface area contributed by atoms with E-state index in [1.165, 1.54) is 26.7 Å². The monoisotopic (exact) mass is 418 g/mol. The van der Waals surface area contributed by atoms with Gasteiger partial charge in [0, 0.05) is 18.3 Å². The molecule has 0 heterocycles. The van der Waals surface area contributed by atoms with Crippen molar-refractivity contribution in [2.24, 2.45) is 0 Å². The van der Waals surface area contributed by atoms with Gasteiger partial charge in [0.15, 0.2) is 29.3 Å². The van der Waals surface area contributed by atoms with E-state index in [2.05, 4.69) is 84.0 Å². The lowest BCUT2D eigenvalue weighted by molar-refractivity contribution is 0.258. The topological polar surface area (TPSA) is 27.7 Å². The maximum Gasteiger partial charge on any atom is 0.193 e. The minimum Gasteiger partial charge on any atom is -0.416 e. The molecule has 148 valence electrons. The van der Waals surface area contributed by atoms with Crippen LogP contribution in [0.5, 0.6) is 0 Å². The number of rotatable bonds is 10. The molecule has 0 aromatic heterocycles. The van der Waals surface area contributed by atoms with Gasteiger partial charge in [0.1, 0.15) is 0 Å². The van der Waals surface area contributed by atoms with Gasteiger partial charge in [0.2, 0.25) is 0 Å². The van der Waals surface area contributed by atoms with Crippen molar-refractivity contribution in [3.63, 3.8) is 0 Å². The van der Waals surface area contributed by atoms with Crippen molar-refractivity contribution in [1.29, 1.82) is 0 Å². The standard InChI is InChI=1S/C21H34O3Si3/c1-14(2)22-25-19-13-12-18(17-10-8-7-9-11-17)20(26-23-15(3)4)21(19)27-24-16(5)6/h7-16H,25-27H2,1-6H3. The van der Waals surface area contributed by atoms with Crippen molar-refractivity contribution in [3.05, 3.63) is 42.5 Å². The van der Waals surface area contributed by atoms with Gasteiger partial charge in [-0.25, -0.2) is 0 Å². The molecule has 0 aliphatic heterocycles. The summed E-state index contributed by atoms with van der Waals surface area (Å²) in [6.45, 7) is 12.7. The van der Waals surface area contributed by atoms with E-state index >= 15 is 0 Å². The zero-order valence-electron chi connectivity index (χ0n) is 17.6. The molecule has 0 N–H and O–H groups in total. The van der Waals surface area contributed by atoms with Gasteiger partial charge in [-0.1, -0.05) is 42.5 Å². The molecule has 0 aliphatic carbocycles. The molecule has 0 unspecified atom stereocenters. The molecule has 2 aromatic rings. The highest BCUT2D eigenvalue weighted by atomic mass is 28.2. The summed E-state index contributed by atoms with van der Waals surface area (Å²) in [6.07, 6.45) is 0.797. The first-order valence-electron chi connectivity index (χ1n) is 9.92. The summed E-state index contributed by atoms with van der Waals surface area (Å²) < 4.78 is 18.5. The fourth-order valence-electron chi connectivity index (χ4n) is 2.87. The van der Waals surface area contributed by atoms with E-state index in [4.69, 9.17) is 13.3 Å². The lowest BCUT2D eigenvalue weighted by atomic mass is 10.1.